The smallest absolute Gasteiger partial charge is 0.387 e. The third kappa shape index (κ3) is 12.8. The molecule has 2 aliphatic rings. The number of carbonyl (C=O) groups excluding carboxylic acids is 2. The number of urea groups is 2. The Bertz CT molecular complexity index is 2010. The van der Waals surface area contributed by atoms with Crippen molar-refractivity contribution in [2.75, 3.05) is 60.7 Å². The zero-order valence-electron chi connectivity index (χ0n) is 30.1. The number of hydrogen-bond donors (Lipinski definition) is 6. The number of ether oxygens (including phenoxy) is 4. The molecular formula is C38H34Br2F4N8O6. The van der Waals surface area contributed by atoms with Crippen molar-refractivity contribution in [2.24, 2.45) is 0 Å². The highest BCUT2D eigenvalue weighted by Gasteiger charge is 2.20. The van der Waals surface area contributed by atoms with E-state index in [1.165, 1.54) is 36.4 Å². The van der Waals surface area contributed by atoms with Crippen LogP contribution in [-0.4, -0.2) is 64.7 Å². The molecule has 2 saturated heterocycles. The molecule has 0 bridgehead atoms. The molecule has 6 N–H and O–H groups in total. The Labute approximate surface area is 346 Å². The van der Waals surface area contributed by atoms with Gasteiger partial charge in [-0.2, -0.15) is 28.1 Å². The van der Waals surface area contributed by atoms with Gasteiger partial charge in [0.05, 0.1) is 71.4 Å². The first-order chi connectivity index (χ1) is 27.9. The molecular weight excluding hydrogens is 900 g/mol. The largest absolute Gasteiger partial charge is 0.433 e. The summed E-state index contributed by atoms with van der Waals surface area (Å²) in [5.74, 6) is -0.490. The number of nitrogens with one attached hydrogen (secondary N) is 6. The second kappa shape index (κ2) is 21.3. The van der Waals surface area contributed by atoms with Gasteiger partial charge in [0.15, 0.2) is 0 Å². The summed E-state index contributed by atoms with van der Waals surface area (Å²) in [5.41, 5.74) is 3.13. The molecule has 304 valence electrons. The Morgan fingerprint density at radius 2 is 1.03 bits per heavy atom. The lowest BCUT2D eigenvalue weighted by Crippen LogP contribution is -2.33. The van der Waals surface area contributed by atoms with Crippen LogP contribution in [0.15, 0.2) is 81.7 Å². The predicted octanol–water partition coefficient (Wildman–Crippen LogP) is 8.45. The van der Waals surface area contributed by atoms with E-state index in [2.05, 4.69) is 73.2 Å². The number of morpholine rings is 2. The molecule has 20 heteroatoms. The van der Waals surface area contributed by atoms with Crippen molar-refractivity contribution < 1.29 is 46.1 Å². The van der Waals surface area contributed by atoms with Gasteiger partial charge in [0.1, 0.15) is 11.5 Å². The quantitative estimate of drug-likeness (QED) is 0.0842. The number of rotatable bonds is 10. The van der Waals surface area contributed by atoms with E-state index < -0.39 is 25.3 Å². The van der Waals surface area contributed by atoms with E-state index in [-0.39, 0.29) is 46.2 Å². The molecule has 58 heavy (non-hydrogen) atoms. The van der Waals surface area contributed by atoms with Gasteiger partial charge >= 0.3 is 25.3 Å². The normalized spacial score (nSPS) is 16.2. The van der Waals surface area contributed by atoms with Crippen molar-refractivity contribution in [1.29, 1.82) is 10.5 Å². The number of hydrogen-bond acceptors (Lipinski definition) is 10. The van der Waals surface area contributed by atoms with Crippen LogP contribution in [0.25, 0.3) is 0 Å². The average molecular weight is 935 g/mol. The first-order valence-electron chi connectivity index (χ1n) is 17.3. The number of alkyl halides is 4. The summed E-state index contributed by atoms with van der Waals surface area (Å²) in [6.07, 6.45) is -0.156. The topological polar surface area (TPSA) is 191 Å². The van der Waals surface area contributed by atoms with E-state index >= 15 is 0 Å². The molecule has 4 aromatic rings. The monoisotopic (exact) mass is 932 g/mol. The van der Waals surface area contributed by atoms with Crippen molar-refractivity contribution in [1.82, 2.24) is 10.6 Å². The van der Waals surface area contributed by atoms with E-state index in [4.69, 9.17) is 20.0 Å². The Balaban J connectivity index is 0.000000221. The zero-order valence-corrected chi connectivity index (χ0v) is 33.3. The summed E-state index contributed by atoms with van der Waals surface area (Å²) in [6, 6.07) is 20.7. The average Bonchev–Trinajstić information content (AvgIpc) is 3.21. The van der Waals surface area contributed by atoms with Gasteiger partial charge in [0.2, 0.25) is 0 Å². The summed E-state index contributed by atoms with van der Waals surface area (Å²) in [7, 11) is 0. The Morgan fingerprint density at radius 3 is 1.36 bits per heavy atom. The molecule has 0 aromatic heterocycles. The Morgan fingerprint density at radius 1 is 0.638 bits per heavy atom. The number of benzene rings is 4. The zero-order chi connectivity index (χ0) is 41.6. The van der Waals surface area contributed by atoms with Crippen LogP contribution in [0.4, 0.5) is 49.9 Å². The number of amides is 4. The van der Waals surface area contributed by atoms with Crippen molar-refractivity contribution in [2.45, 2.75) is 25.4 Å². The number of nitrogens with zero attached hydrogens (tertiary/aromatic N) is 2. The number of anilines is 4. The third-order valence-corrected chi connectivity index (χ3v) is 9.54. The Hall–Kier alpha value is -5.48. The lowest BCUT2D eigenvalue weighted by molar-refractivity contribution is -0.0500. The van der Waals surface area contributed by atoms with Crippen molar-refractivity contribution in [3.8, 4) is 23.6 Å². The highest BCUT2D eigenvalue weighted by molar-refractivity contribution is 9.11. The molecule has 2 fully saturated rings. The van der Waals surface area contributed by atoms with E-state index in [9.17, 15) is 27.2 Å². The fraction of sp³-hybridized carbons (Fsp3) is 0.263. The van der Waals surface area contributed by atoms with Crippen LogP contribution in [0.5, 0.6) is 11.5 Å². The maximum Gasteiger partial charge on any atom is 0.387 e. The van der Waals surface area contributed by atoms with Gasteiger partial charge in [-0.25, -0.2) is 9.59 Å². The molecule has 0 unspecified atom stereocenters. The van der Waals surface area contributed by atoms with Crippen LogP contribution in [0.2, 0.25) is 0 Å². The van der Waals surface area contributed by atoms with Gasteiger partial charge in [-0.15, -0.1) is 0 Å². The first-order valence-corrected chi connectivity index (χ1v) is 18.9. The summed E-state index contributed by atoms with van der Waals surface area (Å²) >= 11 is 6.82. The standard InChI is InChI=1S/2C19H17BrF2N4O3/c2*20-13-8-12(17-10-24-5-6-28-17)2-3-14(13)25-19(27)26-15-7-11(9-23)1-4-16(15)29-18(21)22/h2*1-4,7-8,17-18,24H,5-6,10H2,(H2,25,26,27)/t2*17-/m10/s1. The molecule has 0 spiro atoms. The van der Waals surface area contributed by atoms with Gasteiger partial charge in [-0.3, -0.25) is 0 Å². The van der Waals surface area contributed by atoms with E-state index in [1.54, 1.807) is 12.1 Å². The highest BCUT2D eigenvalue weighted by atomic mass is 79.9. The van der Waals surface area contributed by atoms with E-state index in [1.807, 2.05) is 36.4 Å². The van der Waals surface area contributed by atoms with Crippen LogP contribution < -0.4 is 41.4 Å². The minimum absolute atomic E-state index is 0.0451. The van der Waals surface area contributed by atoms with Gasteiger partial charge in [-0.05, 0) is 104 Å². The summed E-state index contributed by atoms with van der Waals surface area (Å²) in [6.45, 7) is -1.88. The second-order valence-corrected chi connectivity index (χ2v) is 13.9. The second-order valence-electron chi connectivity index (χ2n) is 12.2. The summed E-state index contributed by atoms with van der Waals surface area (Å²) in [5, 5.41) is 34.6. The molecule has 4 amide bonds. The number of halogens is 6. The van der Waals surface area contributed by atoms with Crippen molar-refractivity contribution in [3.63, 3.8) is 0 Å². The molecule has 2 atom stereocenters. The van der Waals surface area contributed by atoms with E-state index in [0.29, 0.717) is 46.6 Å². The number of carbonyl (C=O) groups is 2. The van der Waals surface area contributed by atoms with Gasteiger partial charge in [0, 0.05) is 35.1 Å². The van der Waals surface area contributed by atoms with Crippen LogP contribution in [-0.2, 0) is 9.47 Å². The SMILES string of the molecule is N#Cc1ccc(OC(F)F)c(NC(=O)Nc2ccc([C@@H]3CNCCO3)cc2Br)c1.N#Cc1ccc(OC(F)F)c(NC(=O)Nc2ccc([C@H]3CNCCO3)cc2Br)c1. The maximum atomic E-state index is 12.6. The summed E-state index contributed by atoms with van der Waals surface area (Å²) in [4.78, 5) is 24.7. The van der Waals surface area contributed by atoms with Crippen molar-refractivity contribution in [3.05, 3.63) is 104 Å². The lowest BCUT2D eigenvalue weighted by atomic mass is 10.1. The molecule has 4 aromatic carbocycles. The molecule has 0 radical (unpaired) electrons. The third-order valence-electron chi connectivity index (χ3n) is 8.23. The molecule has 2 aliphatic heterocycles. The summed E-state index contributed by atoms with van der Waals surface area (Å²) < 4.78 is 71.7. The van der Waals surface area contributed by atoms with Crippen LogP contribution in [0.1, 0.15) is 34.5 Å². The van der Waals surface area contributed by atoms with Gasteiger partial charge in [-0.1, -0.05) is 12.1 Å². The lowest BCUT2D eigenvalue weighted by Gasteiger charge is -2.24. The Kier molecular flexibility index (Phi) is 16.0. The maximum absolute atomic E-state index is 12.6. The van der Waals surface area contributed by atoms with Gasteiger partial charge in [0.25, 0.3) is 0 Å². The molecule has 0 aliphatic carbocycles. The number of nitriles is 2. The predicted molar refractivity (Wildman–Crippen MR) is 212 cm³/mol. The van der Waals surface area contributed by atoms with Crippen LogP contribution >= 0.6 is 31.9 Å². The first kappa shape index (κ1) is 43.6. The molecule has 2 heterocycles. The van der Waals surface area contributed by atoms with Crippen LogP contribution in [0, 0.1) is 22.7 Å². The van der Waals surface area contributed by atoms with E-state index in [0.717, 1.165) is 24.2 Å². The fourth-order valence-corrected chi connectivity index (χ4v) is 6.56. The molecule has 6 rings (SSSR count). The van der Waals surface area contributed by atoms with Crippen LogP contribution in [0.3, 0.4) is 0 Å². The minimum Gasteiger partial charge on any atom is -0.433 e. The van der Waals surface area contributed by atoms with Gasteiger partial charge < -0.3 is 50.8 Å². The highest BCUT2D eigenvalue weighted by Crippen LogP contribution is 2.32. The minimum atomic E-state index is -3.07. The molecule has 14 nitrogen and oxygen atoms in total. The van der Waals surface area contributed by atoms with Crippen molar-refractivity contribution >= 4 is 66.7 Å². The fourth-order valence-electron chi connectivity index (χ4n) is 5.57. The molecule has 0 saturated carbocycles.